The van der Waals surface area contributed by atoms with Crippen molar-refractivity contribution in [3.63, 3.8) is 0 Å². The molecule has 4 aromatic rings. The van der Waals surface area contributed by atoms with Crippen molar-refractivity contribution in [2.24, 2.45) is 0 Å². The maximum absolute atomic E-state index is 13.2. The molecule has 9 heteroatoms. The van der Waals surface area contributed by atoms with Crippen molar-refractivity contribution < 1.29 is 19.1 Å². The summed E-state index contributed by atoms with van der Waals surface area (Å²) < 4.78 is 7.57. The van der Waals surface area contributed by atoms with Crippen LogP contribution in [0.3, 0.4) is 0 Å². The highest BCUT2D eigenvalue weighted by Crippen LogP contribution is 2.24. The van der Waals surface area contributed by atoms with Crippen LogP contribution < -0.4 is 20.8 Å². The Hall–Kier alpha value is -4.11. The Morgan fingerprint density at radius 1 is 0.917 bits per heavy atom. The molecule has 0 saturated carbocycles. The summed E-state index contributed by atoms with van der Waals surface area (Å²) in [7, 11) is 0. The number of hydrogen-bond donors (Lipinski definition) is 3. The Morgan fingerprint density at radius 3 is 2.33 bits per heavy atom. The number of rotatable bonds is 7. The van der Waals surface area contributed by atoms with Crippen molar-refractivity contribution in [3.8, 4) is 5.75 Å². The highest BCUT2D eigenvalue weighted by molar-refractivity contribution is 9.10. The number of anilines is 1. The minimum atomic E-state index is -0.891. The van der Waals surface area contributed by atoms with Gasteiger partial charge in [0.25, 0.3) is 5.91 Å². The smallest absolute Gasteiger partial charge is 0.328 e. The molecule has 184 valence electrons. The van der Waals surface area contributed by atoms with E-state index in [2.05, 4.69) is 32.0 Å². The number of nitrogens with zero attached hydrogens (tertiary/aromatic N) is 1. The first-order valence-electron chi connectivity index (χ1n) is 11.3. The maximum atomic E-state index is 13.2. The van der Waals surface area contributed by atoms with Gasteiger partial charge in [0.2, 0.25) is 0 Å². The number of hydrogen-bond acceptors (Lipinski definition) is 4. The molecule has 1 aromatic heterocycles. The van der Waals surface area contributed by atoms with E-state index in [1.807, 2.05) is 44.2 Å². The Labute approximate surface area is 216 Å². The van der Waals surface area contributed by atoms with Crippen LogP contribution >= 0.6 is 15.9 Å². The van der Waals surface area contributed by atoms with E-state index in [4.69, 9.17) is 4.74 Å². The Kier molecular flexibility index (Phi) is 7.70. The summed E-state index contributed by atoms with van der Waals surface area (Å²) in [5.41, 5.74) is 5.82. The van der Waals surface area contributed by atoms with Crippen LogP contribution in [0.4, 0.5) is 5.69 Å². The average molecular weight is 549 g/mol. The van der Waals surface area contributed by atoms with Crippen molar-refractivity contribution in [1.29, 1.82) is 0 Å². The van der Waals surface area contributed by atoms with Gasteiger partial charge in [-0.2, -0.15) is 0 Å². The average Bonchev–Trinajstić information content (AvgIpc) is 3.22. The van der Waals surface area contributed by atoms with Gasteiger partial charge in [-0.15, -0.1) is 0 Å². The van der Waals surface area contributed by atoms with Crippen LogP contribution in [-0.4, -0.2) is 29.0 Å². The Bertz CT molecular complexity index is 1410. The molecule has 1 heterocycles. The van der Waals surface area contributed by atoms with Crippen molar-refractivity contribution >= 4 is 50.2 Å². The first-order valence-corrected chi connectivity index (χ1v) is 12.1. The number of amides is 3. The zero-order valence-electron chi connectivity index (χ0n) is 19.8. The highest BCUT2D eigenvalue weighted by atomic mass is 79.9. The molecule has 8 nitrogen and oxygen atoms in total. The van der Waals surface area contributed by atoms with E-state index in [1.165, 1.54) is 4.68 Å². The lowest BCUT2D eigenvalue weighted by Gasteiger charge is -2.13. The fourth-order valence-corrected chi connectivity index (χ4v) is 3.97. The number of halogens is 1. The van der Waals surface area contributed by atoms with Crippen LogP contribution in [0.5, 0.6) is 5.75 Å². The zero-order valence-corrected chi connectivity index (χ0v) is 21.4. The van der Waals surface area contributed by atoms with Crippen molar-refractivity contribution in [2.75, 3.05) is 17.3 Å². The van der Waals surface area contributed by atoms with Gasteiger partial charge in [0.05, 0.1) is 12.1 Å². The Balaban J connectivity index is 1.53. The minimum Gasteiger partial charge on any atom is -0.494 e. The van der Waals surface area contributed by atoms with Crippen molar-refractivity contribution in [2.45, 2.75) is 20.4 Å². The minimum absolute atomic E-state index is 0.164. The molecule has 0 fully saturated rings. The number of fused-ring (bicyclic) bond motifs is 1. The molecule has 0 spiro atoms. The summed E-state index contributed by atoms with van der Waals surface area (Å²) >= 11 is 3.42. The van der Waals surface area contributed by atoms with Gasteiger partial charge in [-0.25, -0.2) is 4.68 Å². The van der Waals surface area contributed by atoms with E-state index in [1.54, 1.807) is 42.5 Å². The first-order chi connectivity index (χ1) is 17.3. The van der Waals surface area contributed by atoms with Crippen molar-refractivity contribution in [3.05, 3.63) is 94.1 Å². The van der Waals surface area contributed by atoms with E-state index < -0.39 is 17.7 Å². The molecule has 36 heavy (non-hydrogen) atoms. The summed E-state index contributed by atoms with van der Waals surface area (Å²) in [5, 5.41) is 6.14. The van der Waals surface area contributed by atoms with Gasteiger partial charge in [0, 0.05) is 22.1 Å². The molecule has 3 amide bonds. The highest BCUT2D eigenvalue weighted by Gasteiger charge is 2.21. The third kappa shape index (κ3) is 5.92. The molecule has 3 N–H and O–H groups in total. The van der Waals surface area contributed by atoms with Gasteiger partial charge >= 0.3 is 11.8 Å². The number of carbonyl (C=O) groups excluding carboxylic acids is 3. The molecule has 0 aliphatic rings. The third-order valence-corrected chi connectivity index (χ3v) is 5.91. The van der Waals surface area contributed by atoms with Gasteiger partial charge in [-0.1, -0.05) is 45.8 Å². The third-order valence-electron chi connectivity index (χ3n) is 5.41. The monoisotopic (exact) mass is 548 g/mol. The summed E-state index contributed by atoms with van der Waals surface area (Å²) in [4.78, 5) is 38.4. The summed E-state index contributed by atoms with van der Waals surface area (Å²) in [6.07, 6.45) is 0. The molecular weight excluding hydrogens is 524 g/mol. The van der Waals surface area contributed by atoms with Crippen LogP contribution in [0.1, 0.15) is 28.5 Å². The fourth-order valence-electron chi connectivity index (χ4n) is 3.59. The molecule has 0 saturated heterocycles. The van der Waals surface area contributed by atoms with E-state index in [0.717, 1.165) is 15.6 Å². The predicted octanol–water partition coefficient (Wildman–Crippen LogP) is 4.75. The fraction of sp³-hybridized carbons (Fsp3) is 0.148. The second-order valence-electron chi connectivity index (χ2n) is 8.09. The quantitative estimate of drug-likeness (QED) is 0.290. The summed E-state index contributed by atoms with van der Waals surface area (Å²) in [5.74, 6) is -1.46. The molecule has 0 bridgehead atoms. The molecular formula is C27H25BrN4O4. The molecule has 0 aliphatic heterocycles. The number of benzene rings is 3. The van der Waals surface area contributed by atoms with Crippen LogP contribution in [0.25, 0.3) is 10.9 Å². The van der Waals surface area contributed by atoms with Gasteiger partial charge in [-0.3, -0.25) is 19.8 Å². The van der Waals surface area contributed by atoms with Gasteiger partial charge in [-0.05, 0) is 67.9 Å². The molecule has 4 rings (SSSR count). The number of nitrogens with one attached hydrogen (secondary N) is 3. The van der Waals surface area contributed by atoms with Gasteiger partial charge < -0.3 is 15.4 Å². The summed E-state index contributed by atoms with van der Waals surface area (Å²) in [6.45, 7) is 4.61. The van der Waals surface area contributed by atoms with Crippen LogP contribution in [-0.2, 0) is 16.1 Å². The van der Waals surface area contributed by atoms with Gasteiger partial charge in [0.15, 0.2) is 0 Å². The number of carbonyl (C=O) groups is 3. The van der Waals surface area contributed by atoms with Crippen LogP contribution in [0.15, 0.2) is 77.3 Å². The lowest BCUT2D eigenvalue weighted by atomic mass is 10.1. The zero-order chi connectivity index (χ0) is 25.7. The normalized spacial score (nSPS) is 10.6. The molecule has 0 unspecified atom stereocenters. The van der Waals surface area contributed by atoms with Crippen LogP contribution in [0, 0.1) is 6.92 Å². The van der Waals surface area contributed by atoms with Crippen molar-refractivity contribution in [1.82, 2.24) is 9.99 Å². The number of ether oxygens (including phenoxy) is 1. The lowest BCUT2D eigenvalue weighted by Crippen LogP contribution is -2.39. The largest absolute Gasteiger partial charge is 0.494 e. The summed E-state index contributed by atoms with van der Waals surface area (Å²) in [6, 6.07) is 21.6. The lowest BCUT2D eigenvalue weighted by molar-refractivity contribution is -0.136. The molecule has 3 aromatic carbocycles. The second kappa shape index (κ2) is 11.1. The molecule has 0 radical (unpaired) electrons. The standard InChI is InChI=1S/C27H25BrN4O4/c1-3-36-22-11-9-21(10-12-22)30-25(33)24-15-19-14-20(28)8-13-23(19)32(24)31-27(35)26(34)29-16-18-6-4-17(2)5-7-18/h4-15H,3,16H2,1-2H3,(H,29,34)(H,30,33)(H,31,35). The number of aryl methyl sites for hydroxylation is 1. The topological polar surface area (TPSA) is 101 Å². The van der Waals surface area contributed by atoms with Gasteiger partial charge in [0.1, 0.15) is 11.4 Å². The van der Waals surface area contributed by atoms with E-state index >= 15 is 0 Å². The van der Waals surface area contributed by atoms with E-state index in [-0.39, 0.29) is 12.2 Å². The Morgan fingerprint density at radius 2 is 1.64 bits per heavy atom. The van der Waals surface area contributed by atoms with E-state index in [9.17, 15) is 14.4 Å². The van der Waals surface area contributed by atoms with E-state index in [0.29, 0.717) is 28.9 Å². The maximum Gasteiger partial charge on any atom is 0.328 e. The first kappa shape index (κ1) is 25.0. The van der Waals surface area contributed by atoms with Crippen LogP contribution in [0.2, 0.25) is 0 Å². The second-order valence-corrected chi connectivity index (χ2v) is 9.00. The molecule has 0 atom stereocenters. The number of aromatic nitrogens is 1. The molecule has 0 aliphatic carbocycles. The predicted molar refractivity (Wildman–Crippen MR) is 143 cm³/mol. The SMILES string of the molecule is CCOc1ccc(NC(=O)c2cc3cc(Br)ccc3n2NC(=O)C(=O)NCc2ccc(C)cc2)cc1.